The van der Waals surface area contributed by atoms with Crippen molar-refractivity contribution in [2.45, 2.75) is 6.04 Å². The molecule has 2 rings (SSSR count). The molecule has 7 heteroatoms. The van der Waals surface area contributed by atoms with E-state index in [4.69, 9.17) is 4.74 Å². The number of rotatable bonds is 5. The van der Waals surface area contributed by atoms with E-state index >= 15 is 0 Å². The molecule has 5 nitrogen and oxygen atoms in total. The molecule has 0 aromatic heterocycles. The van der Waals surface area contributed by atoms with E-state index in [-0.39, 0.29) is 36.8 Å². The van der Waals surface area contributed by atoms with Crippen molar-refractivity contribution in [3.63, 3.8) is 0 Å². The highest BCUT2D eigenvalue weighted by atomic mass is 35.5. The summed E-state index contributed by atoms with van der Waals surface area (Å²) >= 11 is 0. The molecule has 1 aromatic rings. The van der Waals surface area contributed by atoms with Crippen molar-refractivity contribution in [3.8, 4) is 0 Å². The maximum absolute atomic E-state index is 11.8. The number of para-hydroxylation sites is 1. The zero-order chi connectivity index (χ0) is 13.5. The number of likely N-dealkylation sites (N-methyl/N-ethyl adjacent to an activating group) is 1. The van der Waals surface area contributed by atoms with Gasteiger partial charge in [0, 0.05) is 32.4 Å². The lowest BCUT2D eigenvalue weighted by molar-refractivity contribution is -0.125. The van der Waals surface area contributed by atoms with Gasteiger partial charge in [0.05, 0.1) is 13.2 Å². The maximum Gasteiger partial charge on any atom is 0.239 e. The van der Waals surface area contributed by atoms with E-state index in [0.29, 0.717) is 19.8 Å². The van der Waals surface area contributed by atoms with Crippen LogP contribution in [0.5, 0.6) is 0 Å². The number of hydrogen-bond donors (Lipinski definition) is 2. The van der Waals surface area contributed by atoms with E-state index in [0.717, 1.165) is 18.8 Å². The van der Waals surface area contributed by atoms with Gasteiger partial charge in [-0.2, -0.15) is 0 Å². The van der Waals surface area contributed by atoms with Crippen molar-refractivity contribution in [2.24, 2.45) is 0 Å². The molecular weight excluding hydrogens is 313 g/mol. The molecule has 1 aliphatic rings. The van der Waals surface area contributed by atoms with E-state index in [1.54, 1.807) is 0 Å². The number of nitrogens with one attached hydrogen (secondary N) is 2. The topological polar surface area (TPSA) is 53.6 Å². The summed E-state index contributed by atoms with van der Waals surface area (Å²) in [6, 6.07) is 9.90. The number of ether oxygens (including phenoxy) is 1. The molecule has 1 heterocycles. The van der Waals surface area contributed by atoms with Gasteiger partial charge >= 0.3 is 0 Å². The number of amides is 1. The van der Waals surface area contributed by atoms with Gasteiger partial charge in [0.15, 0.2) is 0 Å². The highest BCUT2D eigenvalue weighted by molar-refractivity contribution is 5.85. The molecule has 1 amide bonds. The summed E-state index contributed by atoms with van der Waals surface area (Å²) in [6.45, 7) is 3.29. The van der Waals surface area contributed by atoms with E-state index in [9.17, 15) is 4.79 Å². The fourth-order valence-electron chi connectivity index (χ4n) is 2.02. The second-order valence-corrected chi connectivity index (χ2v) is 4.63. The Morgan fingerprint density at radius 2 is 2.10 bits per heavy atom. The van der Waals surface area contributed by atoms with Crippen LogP contribution >= 0.6 is 24.8 Å². The third kappa shape index (κ3) is 6.52. The molecule has 1 aliphatic heterocycles. The van der Waals surface area contributed by atoms with Crippen molar-refractivity contribution >= 4 is 36.4 Å². The van der Waals surface area contributed by atoms with Gasteiger partial charge in [-0.05, 0) is 12.1 Å². The first-order chi connectivity index (χ1) is 9.27. The van der Waals surface area contributed by atoms with Crippen LogP contribution in [0.3, 0.4) is 0 Å². The highest BCUT2D eigenvalue weighted by Crippen LogP contribution is 2.09. The number of hydrogen-bond acceptors (Lipinski definition) is 4. The maximum atomic E-state index is 11.8. The number of anilines is 1. The molecular formula is C14H23Cl2N3O2. The van der Waals surface area contributed by atoms with Crippen LogP contribution in [0.1, 0.15) is 0 Å². The van der Waals surface area contributed by atoms with Gasteiger partial charge in [0.2, 0.25) is 5.91 Å². The monoisotopic (exact) mass is 335 g/mol. The zero-order valence-corrected chi connectivity index (χ0v) is 13.7. The predicted molar refractivity (Wildman–Crippen MR) is 89.8 cm³/mol. The number of halogens is 2. The van der Waals surface area contributed by atoms with Crippen LogP contribution in [0.2, 0.25) is 0 Å². The van der Waals surface area contributed by atoms with Crippen LogP contribution in [0.25, 0.3) is 0 Å². The molecule has 2 N–H and O–H groups in total. The van der Waals surface area contributed by atoms with Crippen molar-refractivity contribution in [1.29, 1.82) is 0 Å². The van der Waals surface area contributed by atoms with Crippen LogP contribution in [-0.2, 0) is 9.53 Å². The SMILES string of the molecule is CN(CCNC(=O)C1COCCN1)c1ccccc1.Cl.Cl. The second kappa shape index (κ2) is 10.7. The molecule has 1 saturated heterocycles. The molecule has 21 heavy (non-hydrogen) atoms. The Kier molecular flexibility index (Phi) is 10.2. The molecule has 120 valence electrons. The fraction of sp³-hybridized carbons (Fsp3) is 0.500. The normalized spacial score (nSPS) is 17.1. The lowest BCUT2D eigenvalue weighted by Crippen LogP contribution is -2.52. The minimum atomic E-state index is -0.212. The minimum absolute atomic E-state index is 0. The largest absolute Gasteiger partial charge is 0.378 e. The number of morpholine rings is 1. The van der Waals surface area contributed by atoms with Gasteiger partial charge in [-0.1, -0.05) is 18.2 Å². The summed E-state index contributed by atoms with van der Waals surface area (Å²) < 4.78 is 5.27. The molecule has 0 spiro atoms. The molecule has 1 unspecified atom stereocenters. The van der Waals surface area contributed by atoms with Crippen molar-refractivity contribution in [2.75, 3.05) is 44.8 Å². The Balaban J connectivity index is 0.00000200. The van der Waals surface area contributed by atoms with Crippen LogP contribution in [0, 0.1) is 0 Å². The third-order valence-corrected chi connectivity index (χ3v) is 3.18. The zero-order valence-electron chi connectivity index (χ0n) is 12.1. The lowest BCUT2D eigenvalue weighted by atomic mass is 10.2. The Morgan fingerprint density at radius 3 is 2.71 bits per heavy atom. The predicted octanol–water partition coefficient (Wildman–Crippen LogP) is 1.07. The number of carbonyl (C=O) groups is 1. The number of benzene rings is 1. The summed E-state index contributed by atoms with van der Waals surface area (Å²) in [6.07, 6.45) is 0. The van der Waals surface area contributed by atoms with Crippen molar-refractivity contribution in [1.82, 2.24) is 10.6 Å². The first kappa shape index (κ1) is 20.0. The molecule has 1 aromatic carbocycles. The summed E-state index contributed by atoms with van der Waals surface area (Å²) in [5, 5.41) is 6.07. The average Bonchev–Trinajstić information content (AvgIpc) is 2.49. The first-order valence-electron chi connectivity index (χ1n) is 6.62. The fourth-order valence-corrected chi connectivity index (χ4v) is 2.02. The quantitative estimate of drug-likeness (QED) is 0.845. The van der Waals surface area contributed by atoms with E-state index in [2.05, 4.69) is 27.7 Å². The standard InChI is InChI=1S/C14H21N3O2.2ClH/c1-17(12-5-3-2-4-6-12)9-7-16-14(18)13-11-19-10-8-15-13;;/h2-6,13,15H,7-11H2,1H3,(H,16,18);2*1H. The Labute approximate surface area is 138 Å². The molecule has 0 saturated carbocycles. The van der Waals surface area contributed by atoms with Gasteiger partial charge in [0.1, 0.15) is 6.04 Å². The van der Waals surface area contributed by atoms with Gasteiger partial charge in [-0.3, -0.25) is 4.79 Å². The summed E-state index contributed by atoms with van der Waals surface area (Å²) in [5.74, 6) is 0.0150. The number of nitrogens with zero attached hydrogens (tertiary/aromatic N) is 1. The van der Waals surface area contributed by atoms with Gasteiger partial charge < -0.3 is 20.3 Å². The molecule has 0 bridgehead atoms. The van der Waals surface area contributed by atoms with Crippen LogP contribution < -0.4 is 15.5 Å². The molecule has 0 aliphatic carbocycles. The molecule has 1 fully saturated rings. The molecule has 1 atom stereocenters. The van der Waals surface area contributed by atoms with Gasteiger partial charge in [0.25, 0.3) is 0 Å². The van der Waals surface area contributed by atoms with Crippen LogP contribution in [-0.4, -0.2) is 51.8 Å². The Hall–Kier alpha value is -1.01. The molecule has 0 radical (unpaired) electrons. The third-order valence-electron chi connectivity index (χ3n) is 3.18. The highest BCUT2D eigenvalue weighted by Gasteiger charge is 2.20. The van der Waals surface area contributed by atoms with Crippen molar-refractivity contribution < 1.29 is 9.53 Å². The lowest BCUT2D eigenvalue weighted by Gasteiger charge is -2.24. The van der Waals surface area contributed by atoms with Crippen LogP contribution in [0.4, 0.5) is 5.69 Å². The van der Waals surface area contributed by atoms with E-state index in [1.807, 2.05) is 25.2 Å². The first-order valence-corrected chi connectivity index (χ1v) is 6.62. The second-order valence-electron chi connectivity index (χ2n) is 4.63. The number of carbonyl (C=O) groups excluding carboxylic acids is 1. The van der Waals surface area contributed by atoms with E-state index in [1.165, 1.54) is 0 Å². The van der Waals surface area contributed by atoms with Crippen LogP contribution in [0.15, 0.2) is 30.3 Å². The summed E-state index contributed by atoms with van der Waals surface area (Å²) in [4.78, 5) is 14.0. The smallest absolute Gasteiger partial charge is 0.239 e. The summed E-state index contributed by atoms with van der Waals surface area (Å²) in [7, 11) is 2.02. The van der Waals surface area contributed by atoms with E-state index < -0.39 is 0 Å². The summed E-state index contributed by atoms with van der Waals surface area (Å²) in [5.41, 5.74) is 1.15. The van der Waals surface area contributed by atoms with Crippen molar-refractivity contribution in [3.05, 3.63) is 30.3 Å². The Morgan fingerprint density at radius 1 is 1.38 bits per heavy atom. The van der Waals surface area contributed by atoms with Gasteiger partial charge in [-0.15, -0.1) is 24.8 Å². The minimum Gasteiger partial charge on any atom is -0.378 e. The van der Waals surface area contributed by atoms with Gasteiger partial charge in [-0.25, -0.2) is 0 Å². The average molecular weight is 336 g/mol. The Bertz CT molecular complexity index is 400.